The van der Waals surface area contributed by atoms with Crippen molar-refractivity contribution in [2.24, 2.45) is 11.3 Å². The lowest BCUT2D eigenvalue weighted by Gasteiger charge is -2.22. The zero-order valence-corrected chi connectivity index (χ0v) is 10.1. The molecule has 2 unspecified atom stereocenters. The Bertz CT molecular complexity index is 440. The van der Waals surface area contributed by atoms with E-state index < -0.39 is 17.8 Å². The molecule has 1 aliphatic heterocycles. The predicted octanol–water partition coefficient (Wildman–Crippen LogP) is 1.34. The summed E-state index contributed by atoms with van der Waals surface area (Å²) in [7, 11) is 0. The van der Waals surface area contributed by atoms with E-state index in [9.17, 15) is 14.4 Å². The second-order valence-corrected chi connectivity index (χ2v) is 5.45. The molecule has 5 heteroatoms. The molecule has 0 radical (unpaired) electrons. The van der Waals surface area contributed by atoms with Crippen molar-refractivity contribution in [1.29, 1.82) is 0 Å². The molecule has 3 aliphatic rings. The third-order valence-corrected chi connectivity index (χ3v) is 4.10. The van der Waals surface area contributed by atoms with Crippen molar-refractivity contribution in [2.45, 2.75) is 38.5 Å². The number of allylic oxidation sites excluding steroid dienone is 2. The third kappa shape index (κ3) is 1.83. The first-order valence-corrected chi connectivity index (χ1v) is 6.34. The molecule has 2 aliphatic carbocycles. The highest BCUT2D eigenvalue weighted by atomic mass is 16.7. The van der Waals surface area contributed by atoms with E-state index in [1.165, 1.54) is 0 Å². The first kappa shape index (κ1) is 11.4. The zero-order valence-electron chi connectivity index (χ0n) is 10.1. The van der Waals surface area contributed by atoms with E-state index in [0.717, 1.165) is 19.3 Å². The molecule has 3 rings (SSSR count). The number of hydrogen-bond donors (Lipinski definition) is 0. The molecule has 0 N–H and O–H groups in total. The van der Waals surface area contributed by atoms with Gasteiger partial charge in [-0.25, -0.2) is 4.79 Å². The van der Waals surface area contributed by atoms with Crippen LogP contribution in [0.5, 0.6) is 0 Å². The topological polar surface area (TPSA) is 63.7 Å². The molecular formula is C13H15NO4. The summed E-state index contributed by atoms with van der Waals surface area (Å²) in [5.41, 5.74) is -0.0897. The Labute approximate surface area is 105 Å². The summed E-state index contributed by atoms with van der Waals surface area (Å²) in [6, 6.07) is 0. The lowest BCUT2D eigenvalue weighted by Crippen LogP contribution is -2.33. The van der Waals surface area contributed by atoms with Crippen LogP contribution in [0.2, 0.25) is 0 Å². The van der Waals surface area contributed by atoms with Crippen molar-refractivity contribution in [3.8, 4) is 0 Å². The largest absolute Gasteiger partial charge is 0.334 e. The lowest BCUT2D eigenvalue weighted by atomic mass is 9.84. The van der Waals surface area contributed by atoms with Gasteiger partial charge in [-0.05, 0) is 30.6 Å². The van der Waals surface area contributed by atoms with Crippen molar-refractivity contribution in [2.75, 3.05) is 0 Å². The number of imide groups is 1. The van der Waals surface area contributed by atoms with E-state index in [0.29, 0.717) is 11.0 Å². The van der Waals surface area contributed by atoms with Gasteiger partial charge in [0.15, 0.2) is 0 Å². The summed E-state index contributed by atoms with van der Waals surface area (Å²) in [6.07, 6.45) is 7.88. The number of hydrogen-bond acceptors (Lipinski definition) is 4. The third-order valence-electron chi connectivity index (χ3n) is 4.10. The highest BCUT2D eigenvalue weighted by Crippen LogP contribution is 2.51. The fourth-order valence-corrected chi connectivity index (χ4v) is 3.15. The first-order valence-electron chi connectivity index (χ1n) is 6.34. The predicted molar refractivity (Wildman–Crippen MR) is 60.7 cm³/mol. The van der Waals surface area contributed by atoms with Crippen molar-refractivity contribution >= 4 is 17.8 Å². The fourth-order valence-electron chi connectivity index (χ4n) is 3.15. The standard InChI is InChI=1S/C13H15NO4/c15-10-1-2-11(16)14(10)18-12(17)8-13-5-3-9(7-13)4-6-13/h3,5,9H,1-2,4,6-8H2. The van der Waals surface area contributed by atoms with Crippen LogP contribution in [0.1, 0.15) is 38.5 Å². The number of carbonyl (C=O) groups is 3. The Morgan fingerprint density at radius 2 is 2.11 bits per heavy atom. The Hall–Kier alpha value is -1.65. The minimum atomic E-state index is -0.481. The minimum absolute atomic E-state index is 0.0897. The second kappa shape index (κ2) is 3.93. The van der Waals surface area contributed by atoms with Gasteiger partial charge in [-0.2, -0.15) is 0 Å². The molecule has 5 nitrogen and oxygen atoms in total. The van der Waals surface area contributed by atoms with E-state index in [1.807, 2.05) is 0 Å². The maximum absolute atomic E-state index is 11.8. The maximum Gasteiger partial charge on any atom is 0.334 e. The Balaban J connectivity index is 1.61. The molecule has 1 saturated heterocycles. The lowest BCUT2D eigenvalue weighted by molar-refractivity contribution is -0.198. The molecule has 0 aromatic rings. The van der Waals surface area contributed by atoms with Crippen LogP contribution in [0.25, 0.3) is 0 Å². The van der Waals surface area contributed by atoms with Gasteiger partial charge in [0.2, 0.25) is 0 Å². The van der Waals surface area contributed by atoms with Crippen LogP contribution < -0.4 is 0 Å². The van der Waals surface area contributed by atoms with Gasteiger partial charge in [0, 0.05) is 12.8 Å². The zero-order chi connectivity index (χ0) is 12.8. The summed E-state index contributed by atoms with van der Waals surface area (Å²) < 4.78 is 0. The molecule has 1 saturated carbocycles. The average Bonchev–Trinajstić information content (AvgIpc) is 2.99. The van der Waals surface area contributed by atoms with E-state index in [1.54, 1.807) is 0 Å². The van der Waals surface area contributed by atoms with Crippen LogP contribution >= 0.6 is 0 Å². The van der Waals surface area contributed by atoms with Gasteiger partial charge in [-0.3, -0.25) is 9.59 Å². The molecule has 18 heavy (non-hydrogen) atoms. The molecule has 2 bridgehead atoms. The SMILES string of the molecule is O=C(CC12C=CC(CC1)C2)ON1C(=O)CCC1=O. The van der Waals surface area contributed by atoms with Gasteiger partial charge in [0.25, 0.3) is 11.8 Å². The van der Waals surface area contributed by atoms with Crippen LogP contribution in [0.3, 0.4) is 0 Å². The molecule has 0 aromatic carbocycles. The van der Waals surface area contributed by atoms with Gasteiger partial charge in [0.1, 0.15) is 0 Å². The van der Waals surface area contributed by atoms with E-state index in [2.05, 4.69) is 12.2 Å². The highest BCUT2D eigenvalue weighted by Gasteiger charge is 2.43. The minimum Gasteiger partial charge on any atom is -0.330 e. The maximum atomic E-state index is 11.8. The van der Waals surface area contributed by atoms with Crippen molar-refractivity contribution in [1.82, 2.24) is 5.06 Å². The van der Waals surface area contributed by atoms with Crippen molar-refractivity contribution in [3.05, 3.63) is 12.2 Å². The van der Waals surface area contributed by atoms with Crippen LogP contribution in [0.15, 0.2) is 12.2 Å². The van der Waals surface area contributed by atoms with Gasteiger partial charge >= 0.3 is 5.97 Å². The Morgan fingerprint density at radius 3 is 2.61 bits per heavy atom. The monoisotopic (exact) mass is 249 g/mol. The number of hydroxylamine groups is 2. The Kier molecular flexibility index (Phi) is 2.50. The van der Waals surface area contributed by atoms with Crippen LogP contribution in [0.4, 0.5) is 0 Å². The van der Waals surface area contributed by atoms with Gasteiger partial charge in [0.05, 0.1) is 6.42 Å². The van der Waals surface area contributed by atoms with Crippen LogP contribution in [-0.2, 0) is 19.2 Å². The summed E-state index contributed by atoms with van der Waals surface area (Å²) in [4.78, 5) is 39.4. The van der Waals surface area contributed by atoms with Crippen LogP contribution in [0, 0.1) is 11.3 Å². The molecule has 2 atom stereocenters. The van der Waals surface area contributed by atoms with Crippen molar-refractivity contribution < 1.29 is 19.2 Å². The normalized spacial score (nSPS) is 33.6. The number of amides is 2. The number of nitrogens with zero attached hydrogens (tertiary/aromatic N) is 1. The van der Waals surface area contributed by atoms with E-state index in [4.69, 9.17) is 4.84 Å². The number of rotatable bonds is 3. The first-order chi connectivity index (χ1) is 8.58. The molecule has 2 amide bonds. The average molecular weight is 249 g/mol. The molecule has 0 spiro atoms. The van der Waals surface area contributed by atoms with E-state index >= 15 is 0 Å². The summed E-state index contributed by atoms with van der Waals surface area (Å²) in [6.45, 7) is 0. The summed E-state index contributed by atoms with van der Waals surface area (Å²) >= 11 is 0. The molecule has 1 heterocycles. The van der Waals surface area contributed by atoms with E-state index in [-0.39, 0.29) is 24.7 Å². The molecule has 0 aromatic heterocycles. The highest BCUT2D eigenvalue weighted by molar-refractivity contribution is 6.01. The quantitative estimate of drug-likeness (QED) is 0.559. The van der Waals surface area contributed by atoms with Gasteiger partial charge < -0.3 is 4.84 Å². The van der Waals surface area contributed by atoms with Gasteiger partial charge in [-0.15, -0.1) is 5.06 Å². The summed E-state index contributed by atoms with van der Waals surface area (Å²) in [5.74, 6) is -0.729. The second-order valence-electron chi connectivity index (χ2n) is 5.45. The smallest absolute Gasteiger partial charge is 0.330 e. The van der Waals surface area contributed by atoms with Crippen molar-refractivity contribution in [3.63, 3.8) is 0 Å². The molecule has 96 valence electrons. The molecular weight excluding hydrogens is 234 g/mol. The number of carbonyl (C=O) groups excluding carboxylic acids is 3. The fraction of sp³-hybridized carbons (Fsp3) is 0.615. The number of fused-ring (bicyclic) bond motifs is 2. The molecule has 2 fully saturated rings. The summed E-state index contributed by atoms with van der Waals surface area (Å²) in [5, 5.41) is 0.629. The van der Waals surface area contributed by atoms with Crippen LogP contribution in [-0.4, -0.2) is 22.8 Å². The van der Waals surface area contributed by atoms with Gasteiger partial charge in [-0.1, -0.05) is 12.2 Å². The Morgan fingerprint density at radius 1 is 1.39 bits per heavy atom.